The van der Waals surface area contributed by atoms with Crippen LogP contribution in [0.25, 0.3) is 0 Å². The second-order valence-electron chi connectivity index (χ2n) is 11.5. The molecular weight excluding hydrogens is 597 g/mol. The first kappa shape index (κ1) is 30.5. The average molecular weight is 631 g/mol. The van der Waals surface area contributed by atoms with Gasteiger partial charge < -0.3 is 10.0 Å². The van der Waals surface area contributed by atoms with Crippen molar-refractivity contribution in [1.82, 2.24) is 14.6 Å². The molecule has 2 aliphatic rings. The molecule has 42 heavy (non-hydrogen) atoms. The van der Waals surface area contributed by atoms with Gasteiger partial charge in [0.1, 0.15) is 5.75 Å². The Bertz CT molecular complexity index is 1550. The van der Waals surface area contributed by atoms with Crippen LogP contribution in [-0.4, -0.2) is 47.9 Å². The standard InChI is InChI=1S/C31H33Cl2N3O5S/c1-31(17-28(37)38)16-26(22-5-4-6-24(33)15-22)29(21-10-12-23(32)13-11-21)36(30(31)39)27(20-8-9-20)18-35-42(40,41)19-25-7-2-3-14-34-25/h2-7,10-15,20,26-27,29,35H,8-9,16-19H2,1H3,(H,37,38)/t26-,27-,29-,31-/m1/s1. The Morgan fingerprint density at radius 2 is 1.81 bits per heavy atom. The lowest BCUT2D eigenvalue weighted by molar-refractivity contribution is -0.161. The molecule has 2 aromatic carbocycles. The predicted octanol–water partition coefficient (Wildman–Crippen LogP) is 5.82. The summed E-state index contributed by atoms with van der Waals surface area (Å²) in [5.74, 6) is -1.91. The van der Waals surface area contributed by atoms with Crippen LogP contribution < -0.4 is 4.72 Å². The SMILES string of the molecule is C[C@]1(CC(=O)O)C[C@H](c2cccc(Cl)c2)[C@@H](c2ccc(Cl)cc2)N([C@H](CNS(=O)(=O)Cc2ccccn2)C2CC2)C1=O. The molecule has 1 aliphatic carbocycles. The zero-order valence-electron chi connectivity index (χ0n) is 23.1. The van der Waals surface area contributed by atoms with E-state index in [9.17, 15) is 23.1 Å². The number of carboxylic acids is 1. The smallest absolute Gasteiger partial charge is 0.304 e. The first-order valence-electron chi connectivity index (χ1n) is 13.9. The number of likely N-dealkylation sites (tertiary alicyclic amines) is 1. The van der Waals surface area contributed by atoms with Crippen LogP contribution in [0.5, 0.6) is 0 Å². The van der Waals surface area contributed by atoms with E-state index < -0.39 is 33.5 Å². The highest BCUT2D eigenvalue weighted by molar-refractivity contribution is 7.88. The number of halogens is 2. The van der Waals surface area contributed by atoms with E-state index in [1.54, 1.807) is 54.4 Å². The first-order chi connectivity index (χ1) is 20.0. The third-order valence-corrected chi connectivity index (χ3v) is 10.0. The quantitative estimate of drug-likeness (QED) is 0.276. The van der Waals surface area contributed by atoms with Crippen LogP contribution in [0.4, 0.5) is 0 Å². The number of nitrogens with one attached hydrogen (secondary N) is 1. The summed E-state index contributed by atoms with van der Waals surface area (Å²) >= 11 is 12.7. The zero-order valence-corrected chi connectivity index (χ0v) is 25.4. The highest BCUT2D eigenvalue weighted by Crippen LogP contribution is 2.54. The largest absolute Gasteiger partial charge is 0.481 e. The van der Waals surface area contributed by atoms with E-state index >= 15 is 0 Å². The van der Waals surface area contributed by atoms with Gasteiger partial charge in [-0.3, -0.25) is 14.6 Å². The second kappa shape index (κ2) is 12.3. The van der Waals surface area contributed by atoms with Gasteiger partial charge in [-0.2, -0.15) is 0 Å². The summed E-state index contributed by atoms with van der Waals surface area (Å²) in [6.07, 6.45) is 3.14. The molecule has 0 spiro atoms. The molecule has 5 rings (SSSR count). The Morgan fingerprint density at radius 3 is 2.43 bits per heavy atom. The Morgan fingerprint density at radius 1 is 1.07 bits per heavy atom. The molecule has 1 aromatic heterocycles. The van der Waals surface area contributed by atoms with Gasteiger partial charge in [-0.25, -0.2) is 13.1 Å². The van der Waals surface area contributed by atoms with Gasteiger partial charge in [-0.1, -0.05) is 60.5 Å². The van der Waals surface area contributed by atoms with Crippen LogP contribution in [0.3, 0.4) is 0 Å². The minimum Gasteiger partial charge on any atom is -0.481 e. The molecule has 0 radical (unpaired) electrons. The molecule has 2 heterocycles. The number of aliphatic carboxylic acids is 1. The van der Waals surface area contributed by atoms with Crippen molar-refractivity contribution in [2.24, 2.45) is 11.3 Å². The summed E-state index contributed by atoms with van der Waals surface area (Å²) in [7, 11) is -3.78. The van der Waals surface area contributed by atoms with E-state index in [0.29, 0.717) is 15.7 Å². The highest BCUT2D eigenvalue weighted by atomic mass is 35.5. The molecule has 2 N–H and O–H groups in total. The maximum atomic E-state index is 14.5. The molecule has 4 atom stereocenters. The Balaban J connectivity index is 1.58. The molecule has 0 unspecified atom stereocenters. The van der Waals surface area contributed by atoms with E-state index in [1.165, 1.54) is 0 Å². The summed E-state index contributed by atoms with van der Waals surface area (Å²) in [4.78, 5) is 32.4. The number of rotatable bonds is 11. The third-order valence-electron chi connectivity index (χ3n) is 8.23. The van der Waals surface area contributed by atoms with Gasteiger partial charge in [0.25, 0.3) is 0 Å². The van der Waals surface area contributed by atoms with Gasteiger partial charge in [0.05, 0.1) is 23.6 Å². The first-order valence-corrected chi connectivity index (χ1v) is 16.3. The molecule has 1 aliphatic heterocycles. The van der Waals surface area contributed by atoms with E-state index in [1.807, 2.05) is 30.3 Å². The number of benzene rings is 2. The molecule has 1 saturated heterocycles. The van der Waals surface area contributed by atoms with Crippen molar-refractivity contribution in [3.05, 3.63) is 99.8 Å². The molecule has 2 fully saturated rings. The molecule has 11 heteroatoms. The van der Waals surface area contributed by atoms with Crippen LogP contribution in [0.15, 0.2) is 72.9 Å². The molecular formula is C31H33Cl2N3O5S. The lowest BCUT2D eigenvalue weighted by Crippen LogP contribution is -2.59. The Labute approximate surface area is 256 Å². The summed E-state index contributed by atoms with van der Waals surface area (Å²) in [5, 5.41) is 10.9. The number of aromatic nitrogens is 1. The van der Waals surface area contributed by atoms with Crippen molar-refractivity contribution >= 4 is 45.1 Å². The van der Waals surface area contributed by atoms with Crippen LogP contribution in [0, 0.1) is 11.3 Å². The van der Waals surface area contributed by atoms with Crippen molar-refractivity contribution in [2.45, 2.75) is 56.4 Å². The van der Waals surface area contributed by atoms with Gasteiger partial charge in [0.15, 0.2) is 0 Å². The van der Waals surface area contributed by atoms with Gasteiger partial charge >= 0.3 is 5.97 Å². The number of nitrogens with zero attached hydrogens (tertiary/aromatic N) is 2. The fourth-order valence-electron chi connectivity index (χ4n) is 6.16. The van der Waals surface area contributed by atoms with Crippen molar-refractivity contribution in [2.75, 3.05) is 6.54 Å². The van der Waals surface area contributed by atoms with Crippen molar-refractivity contribution in [1.29, 1.82) is 0 Å². The number of carbonyl (C=O) groups is 2. The lowest BCUT2D eigenvalue weighted by Gasteiger charge is -2.52. The van der Waals surface area contributed by atoms with Crippen molar-refractivity contribution < 1.29 is 23.1 Å². The Hall–Kier alpha value is -2.98. The summed E-state index contributed by atoms with van der Waals surface area (Å²) < 4.78 is 29.0. The number of carbonyl (C=O) groups excluding carboxylic acids is 1. The van der Waals surface area contributed by atoms with Crippen molar-refractivity contribution in [3.63, 3.8) is 0 Å². The average Bonchev–Trinajstić information content (AvgIpc) is 3.77. The summed E-state index contributed by atoms with van der Waals surface area (Å²) in [6.45, 7) is 1.70. The number of carboxylic acid groups (broad SMARTS) is 1. The summed E-state index contributed by atoms with van der Waals surface area (Å²) in [6, 6.07) is 18.8. The van der Waals surface area contributed by atoms with Crippen LogP contribution in [0.2, 0.25) is 10.0 Å². The van der Waals surface area contributed by atoms with E-state index in [4.69, 9.17) is 23.2 Å². The van der Waals surface area contributed by atoms with E-state index in [-0.39, 0.29) is 42.9 Å². The van der Waals surface area contributed by atoms with Crippen LogP contribution in [-0.2, 0) is 25.4 Å². The van der Waals surface area contributed by atoms with Gasteiger partial charge in [0.2, 0.25) is 15.9 Å². The minimum absolute atomic E-state index is 0.00107. The third kappa shape index (κ3) is 6.97. The monoisotopic (exact) mass is 629 g/mol. The Kier molecular flexibility index (Phi) is 8.94. The minimum atomic E-state index is -3.78. The molecule has 1 saturated carbocycles. The molecule has 1 amide bonds. The normalized spacial score (nSPS) is 23.5. The van der Waals surface area contributed by atoms with E-state index in [0.717, 1.165) is 24.0 Å². The van der Waals surface area contributed by atoms with Crippen molar-refractivity contribution in [3.8, 4) is 0 Å². The lowest BCUT2D eigenvalue weighted by atomic mass is 9.67. The topological polar surface area (TPSA) is 117 Å². The fraction of sp³-hybridized carbons (Fsp3) is 0.387. The summed E-state index contributed by atoms with van der Waals surface area (Å²) in [5.41, 5.74) is 0.900. The number of pyridine rings is 1. The molecule has 8 nitrogen and oxygen atoms in total. The fourth-order valence-corrected chi connectivity index (χ4v) is 7.57. The second-order valence-corrected chi connectivity index (χ2v) is 14.2. The number of hydrogen-bond acceptors (Lipinski definition) is 5. The predicted molar refractivity (Wildman–Crippen MR) is 162 cm³/mol. The highest BCUT2D eigenvalue weighted by Gasteiger charge is 2.54. The number of piperidine rings is 1. The van der Waals surface area contributed by atoms with Crippen LogP contribution in [0.1, 0.15) is 61.4 Å². The maximum absolute atomic E-state index is 14.5. The number of hydrogen-bond donors (Lipinski definition) is 2. The van der Waals surface area contributed by atoms with Gasteiger partial charge in [-0.05, 0) is 72.7 Å². The zero-order chi connectivity index (χ0) is 30.1. The number of sulfonamides is 1. The molecule has 3 aromatic rings. The maximum Gasteiger partial charge on any atom is 0.304 e. The van der Waals surface area contributed by atoms with Gasteiger partial charge in [0, 0.05) is 34.7 Å². The van der Waals surface area contributed by atoms with Crippen LogP contribution >= 0.6 is 23.2 Å². The number of amides is 1. The molecule has 0 bridgehead atoms. The van der Waals surface area contributed by atoms with E-state index in [2.05, 4.69) is 9.71 Å². The van der Waals surface area contributed by atoms with Gasteiger partial charge in [-0.15, -0.1) is 0 Å². The molecule has 222 valence electrons.